The summed E-state index contributed by atoms with van der Waals surface area (Å²) in [5.41, 5.74) is 3.10. The molecule has 0 aliphatic carbocycles. The van der Waals surface area contributed by atoms with Crippen molar-refractivity contribution < 1.29 is 14.3 Å². The smallest absolute Gasteiger partial charge is 0.409 e. The number of carbonyl (C=O) groups is 2. The van der Waals surface area contributed by atoms with E-state index in [2.05, 4.69) is 26.4 Å². The molecule has 0 fully saturated rings. The molecule has 3 rings (SSSR count). The average molecular weight is 359 g/mol. The van der Waals surface area contributed by atoms with Crippen LogP contribution in [0.5, 0.6) is 0 Å². The normalized spacial score (nSPS) is 13.1. The van der Waals surface area contributed by atoms with Crippen molar-refractivity contribution in [3.8, 4) is 0 Å². The summed E-state index contributed by atoms with van der Waals surface area (Å²) in [6, 6.07) is 9.92. The average Bonchev–Trinajstić information content (AvgIpc) is 3.09. The first-order valence-electron chi connectivity index (χ1n) is 8.06. The number of anilines is 2. The summed E-state index contributed by atoms with van der Waals surface area (Å²) in [5.74, 6) is -0.256. The Kier molecular flexibility index (Phi) is 5.23. The Bertz CT molecular complexity index is 774. The number of nitrogens with one attached hydrogen (secondary N) is 1. The molecule has 0 bridgehead atoms. The molecule has 1 aliphatic rings. The fourth-order valence-electron chi connectivity index (χ4n) is 2.93. The van der Waals surface area contributed by atoms with E-state index in [1.807, 2.05) is 24.3 Å². The van der Waals surface area contributed by atoms with E-state index in [9.17, 15) is 9.59 Å². The maximum absolute atomic E-state index is 12.3. The van der Waals surface area contributed by atoms with Crippen molar-refractivity contribution in [2.45, 2.75) is 13.0 Å². The predicted octanol–water partition coefficient (Wildman–Crippen LogP) is 2.95. The van der Waals surface area contributed by atoms with Gasteiger partial charge in [0.2, 0.25) is 5.91 Å². The molecule has 0 spiro atoms. The zero-order chi connectivity index (χ0) is 17.8. The van der Waals surface area contributed by atoms with E-state index >= 15 is 0 Å². The SMILES string of the molecule is COC(=O)N(C)CC(=O)Nc1ccccc1N1CCc2sccc2C1. The van der Waals surface area contributed by atoms with Crippen molar-refractivity contribution in [1.29, 1.82) is 0 Å². The first-order chi connectivity index (χ1) is 12.1. The number of nitrogens with zero attached hydrogens (tertiary/aromatic N) is 2. The van der Waals surface area contributed by atoms with Crippen LogP contribution >= 0.6 is 11.3 Å². The van der Waals surface area contributed by atoms with Crippen molar-refractivity contribution in [2.75, 3.05) is 37.5 Å². The van der Waals surface area contributed by atoms with Crippen LogP contribution in [0.1, 0.15) is 10.4 Å². The number of hydrogen-bond acceptors (Lipinski definition) is 5. The lowest BCUT2D eigenvalue weighted by Crippen LogP contribution is -2.35. The molecule has 6 nitrogen and oxygen atoms in total. The molecule has 1 aromatic carbocycles. The second kappa shape index (κ2) is 7.57. The van der Waals surface area contributed by atoms with E-state index in [0.29, 0.717) is 0 Å². The van der Waals surface area contributed by atoms with E-state index < -0.39 is 6.09 Å². The fourth-order valence-corrected chi connectivity index (χ4v) is 3.82. The van der Waals surface area contributed by atoms with Gasteiger partial charge in [-0.3, -0.25) is 4.79 Å². The minimum atomic E-state index is -0.538. The van der Waals surface area contributed by atoms with Crippen molar-refractivity contribution in [3.05, 3.63) is 46.2 Å². The number of fused-ring (bicyclic) bond motifs is 1. The fraction of sp³-hybridized carbons (Fsp3) is 0.333. The first-order valence-corrected chi connectivity index (χ1v) is 8.94. The van der Waals surface area contributed by atoms with Gasteiger partial charge in [0.25, 0.3) is 0 Å². The highest BCUT2D eigenvalue weighted by molar-refractivity contribution is 7.10. The van der Waals surface area contributed by atoms with Crippen LogP contribution in [0.3, 0.4) is 0 Å². The van der Waals surface area contributed by atoms with Crippen molar-refractivity contribution in [3.63, 3.8) is 0 Å². The van der Waals surface area contributed by atoms with Gasteiger partial charge in [-0.2, -0.15) is 0 Å². The number of likely N-dealkylation sites (N-methyl/N-ethyl adjacent to an activating group) is 1. The third kappa shape index (κ3) is 3.93. The molecule has 0 radical (unpaired) electrons. The van der Waals surface area contributed by atoms with Gasteiger partial charge in [-0.15, -0.1) is 11.3 Å². The van der Waals surface area contributed by atoms with Gasteiger partial charge in [0.05, 0.1) is 18.5 Å². The molecule has 1 N–H and O–H groups in total. The topological polar surface area (TPSA) is 61.9 Å². The van der Waals surface area contributed by atoms with E-state index in [1.165, 1.54) is 29.5 Å². The minimum Gasteiger partial charge on any atom is -0.453 e. The molecule has 2 heterocycles. The molecule has 132 valence electrons. The Hall–Kier alpha value is -2.54. The van der Waals surface area contributed by atoms with E-state index in [1.54, 1.807) is 11.3 Å². The zero-order valence-electron chi connectivity index (χ0n) is 14.3. The third-order valence-corrected chi connectivity index (χ3v) is 5.22. The van der Waals surface area contributed by atoms with Crippen LogP contribution < -0.4 is 10.2 Å². The molecule has 1 aliphatic heterocycles. The summed E-state index contributed by atoms with van der Waals surface area (Å²) in [4.78, 5) is 28.6. The molecule has 7 heteroatoms. The van der Waals surface area contributed by atoms with Crippen molar-refractivity contribution in [1.82, 2.24) is 4.90 Å². The lowest BCUT2D eigenvalue weighted by molar-refractivity contribution is -0.116. The number of para-hydroxylation sites is 2. The highest BCUT2D eigenvalue weighted by atomic mass is 32.1. The summed E-state index contributed by atoms with van der Waals surface area (Å²) in [5, 5.41) is 5.04. The monoisotopic (exact) mass is 359 g/mol. The lowest BCUT2D eigenvalue weighted by atomic mass is 10.1. The van der Waals surface area contributed by atoms with Crippen molar-refractivity contribution in [2.24, 2.45) is 0 Å². The van der Waals surface area contributed by atoms with Crippen LogP contribution in [0.15, 0.2) is 35.7 Å². The maximum Gasteiger partial charge on any atom is 0.409 e. The van der Waals surface area contributed by atoms with Crippen molar-refractivity contribution >= 4 is 34.7 Å². The second-order valence-electron chi connectivity index (χ2n) is 5.93. The van der Waals surface area contributed by atoms with Gasteiger partial charge in [-0.05, 0) is 35.6 Å². The van der Waals surface area contributed by atoms with Gasteiger partial charge < -0.3 is 19.9 Å². The number of rotatable bonds is 4. The lowest BCUT2D eigenvalue weighted by Gasteiger charge is -2.30. The Morgan fingerprint density at radius 1 is 1.32 bits per heavy atom. The molecule has 0 unspecified atom stereocenters. The van der Waals surface area contributed by atoms with E-state index in [-0.39, 0.29) is 12.5 Å². The molecular formula is C18H21N3O3S. The molecule has 1 aromatic heterocycles. The van der Waals surface area contributed by atoms with Gasteiger partial charge in [-0.1, -0.05) is 12.1 Å². The van der Waals surface area contributed by atoms with E-state index in [0.717, 1.165) is 30.9 Å². The van der Waals surface area contributed by atoms with Crippen LogP contribution in [0, 0.1) is 0 Å². The zero-order valence-corrected chi connectivity index (χ0v) is 15.1. The Morgan fingerprint density at radius 2 is 2.12 bits per heavy atom. The van der Waals surface area contributed by atoms with Gasteiger partial charge >= 0.3 is 6.09 Å². The van der Waals surface area contributed by atoms with Gasteiger partial charge in [0, 0.05) is 25.0 Å². The summed E-state index contributed by atoms with van der Waals surface area (Å²) >= 11 is 1.80. The molecule has 2 aromatic rings. The number of amides is 2. The number of thiophene rings is 1. The summed E-state index contributed by atoms with van der Waals surface area (Å²) in [7, 11) is 2.82. The molecule has 0 atom stereocenters. The van der Waals surface area contributed by atoms with Crippen LogP contribution in [0.2, 0.25) is 0 Å². The standard InChI is InChI=1S/C18H21N3O3S/c1-20(18(23)24-2)12-17(22)19-14-5-3-4-6-15(14)21-9-7-16-13(11-21)8-10-25-16/h3-6,8,10H,7,9,11-12H2,1-2H3,(H,19,22). The van der Waals surface area contributed by atoms with Gasteiger partial charge in [0.1, 0.15) is 6.54 Å². The Morgan fingerprint density at radius 3 is 2.92 bits per heavy atom. The number of ether oxygens (including phenoxy) is 1. The van der Waals surface area contributed by atoms with Gasteiger partial charge in [0.15, 0.2) is 0 Å². The summed E-state index contributed by atoms with van der Waals surface area (Å²) in [6.07, 6.45) is 0.477. The number of methoxy groups -OCH3 is 1. The molecule has 0 saturated carbocycles. The van der Waals surface area contributed by atoms with E-state index in [4.69, 9.17) is 0 Å². The highest BCUT2D eigenvalue weighted by Gasteiger charge is 2.20. The molecule has 0 saturated heterocycles. The van der Waals surface area contributed by atoms with Crippen LogP contribution in [-0.2, 0) is 22.5 Å². The van der Waals surface area contributed by atoms with Crippen LogP contribution in [0.4, 0.5) is 16.2 Å². The van der Waals surface area contributed by atoms with Gasteiger partial charge in [-0.25, -0.2) is 4.79 Å². The molecular weight excluding hydrogens is 338 g/mol. The Balaban J connectivity index is 1.71. The third-order valence-electron chi connectivity index (χ3n) is 4.19. The first kappa shape index (κ1) is 17.3. The van der Waals surface area contributed by atoms with Crippen LogP contribution in [0.25, 0.3) is 0 Å². The number of carbonyl (C=O) groups excluding carboxylic acids is 2. The largest absolute Gasteiger partial charge is 0.453 e. The van der Waals surface area contributed by atoms with Crippen LogP contribution in [-0.4, -0.2) is 44.1 Å². The summed E-state index contributed by atoms with van der Waals surface area (Å²) < 4.78 is 4.61. The maximum atomic E-state index is 12.3. The highest BCUT2D eigenvalue weighted by Crippen LogP contribution is 2.32. The summed E-state index contributed by atoms with van der Waals surface area (Å²) in [6.45, 7) is 1.70. The number of hydrogen-bond donors (Lipinski definition) is 1. The number of benzene rings is 1. The molecule has 25 heavy (non-hydrogen) atoms. The second-order valence-corrected chi connectivity index (χ2v) is 6.93. The quantitative estimate of drug-likeness (QED) is 0.912. The predicted molar refractivity (Wildman–Crippen MR) is 99.2 cm³/mol. The Labute approximate surface area is 151 Å². The molecule has 2 amide bonds. The minimum absolute atomic E-state index is 0.0598.